The summed E-state index contributed by atoms with van der Waals surface area (Å²) in [5.41, 5.74) is 1.33. The first kappa shape index (κ1) is 16.7. The fourth-order valence-electron chi connectivity index (χ4n) is 2.04. The molecule has 0 aromatic heterocycles. The third kappa shape index (κ3) is 4.70. The predicted octanol–water partition coefficient (Wildman–Crippen LogP) is 3.53. The minimum absolute atomic E-state index is 0.0825. The molecule has 0 saturated carbocycles. The molecule has 2 N–H and O–H groups in total. The maximum atomic E-state index is 13.7. The molecule has 22 heavy (non-hydrogen) atoms. The number of para-hydroxylation sites is 1. The van der Waals surface area contributed by atoms with Gasteiger partial charge in [-0.15, -0.1) is 0 Å². The smallest absolute Gasteiger partial charge is 0.131 e. The third-order valence-corrected chi connectivity index (χ3v) is 3.59. The molecule has 2 rings (SSSR count). The van der Waals surface area contributed by atoms with Crippen LogP contribution in [0.5, 0.6) is 5.75 Å². The van der Waals surface area contributed by atoms with Crippen LogP contribution in [0.1, 0.15) is 17.5 Å². The molecule has 118 valence electrons. The highest BCUT2D eigenvalue weighted by Crippen LogP contribution is 2.23. The summed E-state index contributed by atoms with van der Waals surface area (Å²) in [5, 5.41) is 12.4. The van der Waals surface area contributed by atoms with E-state index in [2.05, 4.69) is 5.32 Å². The van der Waals surface area contributed by atoms with Gasteiger partial charge in [-0.2, -0.15) is 0 Å². The Labute approximate surface area is 134 Å². The van der Waals surface area contributed by atoms with E-state index >= 15 is 0 Å². The molecule has 5 heteroatoms. The van der Waals surface area contributed by atoms with Crippen molar-refractivity contribution in [3.05, 3.63) is 64.4 Å². The molecule has 0 aliphatic carbocycles. The Balaban J connectivity index is 2.00. The maximum absolute atomic E-state index is 13.7. The summed E-state index contributed by atoms with van der Waals surface area (Å²) in [7, 11) is 0. The van der Waals surface area contributed by atoms with E-state index in [9.17, 15) is 4.39 Å². The lowest BCUT2D eigenvalue weighted by Crippen LogP contribution is -2.16. The van der Waals surface area contributed by atoms with Gasteiger partial charge in [0.25, 0.3) is 0 Å². The van der Waals surface area contributed by atoms with E-state index in [1.54, 1.807) is 12.1 Å². The number of aliphatic hydroxyl groups is 1. The van der Waals surface area contributed by atoms with Crippen LogP contribution in [-0.4, -0.2) is 18.3 Å². The highest BCUT2D eigenvalue weighted by Gasteiger charge is 2.09. The van der Waals surface area contributed by atoms with Crippen LogP contribution < -0.4 is 10.1 Å². The number of benzene rings is 2. The Morgan fingerprint density at radius 2 is 1.95 bits per heavy atom. The van der Waals surface area contributed by atoms with Crippen LogP contribution in [-0.2, 0) is 13.2 Å². The Morgan fingerprint density at radius 1 is 1.14 bits per heavy atom. The summed E-state index contributed by atoms with van der Waals surface area (Å²) in [6.07, 6.45) is 0.702. The topological polar surface area (TPSA) is 41.5 Å². The van der Waals surface area contributed by atoms with E-state index in [1.165, 1.54) is 6.07 Å². The number of hydrogen-bond acceptors (Lipinski definition) is 3. The summed E-state index contributed by atoms with van der Waals surface area (Å²) in [4.78, 5) is 0. The van der Waals surface area contributed by atoms with Gasteiger partial charge in [0.15, 0.2) is 0 Å². The Morgan fingerprint density at radius 3 is 2.73 bits per heavy atom. The van der Waals surface area contributed by atoms with E-state index < -0.39 is 0 Å². The summed E-state index contributed by atoms with van der Waals surface area (Å²) in [6.45, 7) is 1.60. The molecular formula is C17H19ClFNO2. The monoisotopic (exact) mass is 323 g/mol. The Kier molecular flexibility index (Phi) is 6.65. The van der Waals surface area contributed by atoms with E-state index in [-0.39, 0.29) is 19.0 Å². The van der Waals surface area contributed by atoms with Crippen molar-refractivity contribution in [1.29, 1.82) is 0 Å². The molecule has 0 atom stereocenters. The molecule has 0 bridgehead atoms. The average Bonchev–Trinajstić information content (AvgIpc) is 2.52. The first-order valence-corrected chi connectivity index (χ1v) is 7.55. The Bertz CT molecular complexity index is 587. The number of aliphatic hydroxyl groups excluding tert-OH is 1. The van der Waals surface area contributed by atoms with Gasteiger partial charge < -0.3 is 15.2 Å². The van der Waals surface area contributed by atoms with E-state index in [0.717, 1.165) is 12.1 Å². The average molecular weight is 324 g/mol. The quantitative estimate of drug-likeness (QED) is 0.730. The summed E-state index contributed by atoms with van der Waals surface area (Å²) >= 11 is 6.00. The van der Waals surface area contributed by atoms with Gasteiger partial charge in [0.1, 0.15) is 18.2 Å². The first-order chi connectivity index (χ1) is 10.7. The number of hydrogen-bond donors (Lipinski definition) is 2. The lowest BCUT2D eigenvalue weighted by molar-refractivity contribution is 0.284. The molecule has 0 aliphatic heterocycles. The molecule has 2 aromatic rings. The lowest BCUT2D eigenvalue weighted by Gasteiger charge is -2.13. The van der Waals surface area contributed by atoms with Gasteiger partial charge in [0.05, 0.1) is 5.02 Å². The second kappa shape index (κ2) is 8.73. The zero-order valence-corrected chi connectivity index (χ0v) is 12.9. The van der Waals surface area contributed by atoms with E-state index in [4.69, 9.17) is 21.4 Å². The van der Waals surface area contributed by atoms with Gasteiger partial charge in [-0.25, -0.2) is 4.39 Å². The SMILES string of the molecule is OCCCNCc1ccccc1OCc1c(F)cccc1Cl. The largest absolute Gasteiger partial charge is 0.488 e. The second-order valence-electron chi connectivity index (χ2n) is 4.85. The van der Waals surface area contributed by atoms with E-state index in [0.29, 0.717) is 29.3 Å². The molecule has 3 nitrogen and oxygen atoms in total. The normalized spacial score (nSPS) is 10.7. The molecule has 0 radical (unpaired) electrons. The van der Waals surface area contributed by atoms with Crippen molar-refractivity contribution in [2.24, 2.45) is 0 Å². The van der Waals surface area contributed by atoms with Crippen LogP contribution in [0.2, 0.25) is 5.02 Å². The van der Waals surface area contributed by atoms with Crippen molar-refractivity contribution in [2.45, 2.75) is 19.6 Å². The maximum Gasteiger partial charge on any atom is 0.131 e. The van der Waals surface area contributed by atoms with Crippen LogP contribution >= 0.6 is 11.6 Å². The van der Waals surface area contributed by atoms with Gasteiger partial charge in [-0.3, -0.25) is 0 Å². The molecule has 0 aliphatic rings. The minimum Gasteiger partial charge on any atom is -0.488 e. The molecule has 2 aromatic carbocycles. The fourth-order valence-corrected chi connectivity index (χ4v) is 2.26. The van der Waals surface area contributed by atoms with Crippen LogP contribution in [0.15, 0.2) is 42.5 Å². The predicted molar refractivity (Wildman–Crippen MR) is 85.6 cm³/mol. The number of nitrogens with one attached hydrogen (secondary N) is 1. The van der Waals surface area contributed by atoms with Crippen molar-refractivity contribution < 1.29 is 14.2 Å². The van der Waals surface area contributed by atoms with Crippen LogP contribution in [0, 0.1) is 5.82 Å². The summed E-state index contributed by atoms with van der Waals surface area (Å²) < 4.78 is 19.5. The van der Waals surface area contributed by atoms with Gasteiger partial charge >= 0.3 is 0 Å². The fraction of sp³-hybridized carbons (Fsp3) is 0.294. The number of rotatable bonds is 8. The van der Waals surface area contributed by atoms with Crippen molar-refractivity contribution in [2.75, 3.05) is 13.2 Å². The van der Waals surface area contributed by atoms with Gasteiger partial charge in [0, 0.05) is 24.3 Å². The number of halogens is 2. The van der Waals surface area contributed by atoms with Crippen molar-refractivity contribution in [3.8, 4) is 5.75 Å². The Hall–Kier alpha value is -1.62. The number of ether oxygens (including phenoxy) is 1. The van der Waals surface area contributed by atoms with Gasteiger partial charge in [0.2, 0.25) is 0 Å². The highest BCUT2D eigenvalue weighted by atomic mass is 35.5. The first-order valence-electron chi connectivity index (χ1n) is 7.17. The van der Waals surface area contributed by atoms with E-state index in [1.807, 2.05) is 24.3 Å². The summed E-state index contributed by atoms with van der Waals surface area (Å²) in [5.74, 6) is 0.323. The standard InChI is InChI=1S/C17H19ClFNO2/c18-15-6-3-7-16(19)14(15)12-22-17-8-2-1-5-13(17)11-20-9-4-10-21/h1-3,5-8,20-21H,4,9-12H2. The molecule has 0 saturated heterocycles. The minimum atomic E-state index is -0.369. The zero-order valence-electron chi connectivity index (χ0n) is 12.2. The lowest BCUT2D eigenvalue weighted by atomic mass is 10.2. The third-order valence-electron chi connectivity index (χ3n) is 3.23. The van der Waals surface area contributed by atoms with Crippen LogP contribution in [0.25, 0.3) is 0 Å². The van der Waals surface area contributed by atoms with Crippen LogP contribution in [0.4, 0.5) is 4.39 Å². The van der Waals surface area contributed by atoms with Gasteiger partial charge in [-0.1, -0.05) is 35.9 Å². The second-order valence-corrected chi connectivity index (χ2v) is 5.26. The molecule has 0 heterocycles. The highest BCUT2D eigenvalue weighted by molar-refractivity contribution is 6.31. The van der Waals surface area contributed by atoms with Crippen molar-refractivity contribution in [3.63, 3.8) is 0 Å². The van der Waals surface area contributed by atoms with Gasteiger partial charge in [-0.05, 0) is 31.2 Å². The van der Waals surface area contributed by atoms with Crippen molar-refractivity contribution >= 4 is 11.6 Å². The molecule has 0 fully saturated rings. The molecule has 0 spiro atoms. The molecule has 0 unspecified atom stereocenters. The molecular weight excluding hydrogens is 305 g/mol. The van der Waals surface area contributed by atoms with Crippen LogP contribution in [0.3, 0.4) is 0 Å². The molecule has 0 amide bonds. The zero-order chi connectivity index (χ0) is 15.8. The summed E-state index contributed by atoms with van der Waals surface area (Å²) in [6, 6.07) is 12.2. The van der Waals surface area contributed by atoms with Crippen molar-refractivity contribution in [1.82, 2.24) is 5.32 Å².